The molecule has 2 amide bonds. The quantitative estimate of drug-likeness (QED) is 0.430. The van der Waals surface area contributed by atoms with Crippen molar-refractivity contribution in [3.8, 4) is 0 Å². The Balaban J connectivity index is 0.000000528. The number of nitrogens with one attached hydrogen (secondary N) is 1. The largest absolute Gasteiger partial charge is 0.444 e. The highest BCUT2D eigenvalue weighted by atomic mass is 28.3. The average molecular weight is 408 g/mol. The monoisotopic (exact) mass is 407 g/mol. The van der Waals surface area contributed by atoms with E-state index < -0.39 is 31.5 Å². The maximum absolute atomic E-state index is 10.9. The maximum Gasteiger partial charge on any atom is 0.414 e. The second kappa shape index (κ2) is 11.6. The van der Waals surface area contributed by atoms with Crippen LogP contribution in [0, 0.1) is 0 Å². The molecule has 1 rings (SSSR count). The molecule has 7 heteroatoms. The third-order valence-electron chi connectivity index (χ3n) is 3.72. The van der Waals surface area contributed by atoms with Crippen molar-refractivity contribution < 1.29 is 24.2 Å². The minimum absolute atomic E-state index is 0.229. The highest BCUT2D eigenvalue weighted by molar-refractivity contribution is 6.90. The number of aliphatic hydroxyl groups excluding tert-OH is 1. The molecule has 0 aromatic heterocycles. The van der Waals surface area contributed by atoms with Crippen LogP contribution in [0.15, 0.2) is 36.9 Å². The summed E-state index contributed by atoms with van der Waals surface area (Å²) in [4.78, 5) is 32.0. The molecule has 6 nitrogen and oxygen atoms in total. The zero-order valence-electron chi connectivity index (χ0n) is 17.8. The predicted octanol–water partition coefficient (Wildman–Crippen LogP) is 2.95. The molecule has 0 fully saturated rings. The normalized spacial score (nSPS) is 11.0. The van der Waals surface area contributed by atoms with Gasteiger partial charge in [-0.15, -0.1) is 6.58 Å². The second-order valence-corrected chi connectivity index (χ2v) is 12.8. The van der Waals surface area contributed by atoms with Crippen molar-refractivity contribution in [2.45, 2.75) is 58.9 Å². The van der Waals surface area contributed by atoms with Crippen LogP contribution in [0.3, 0.4) is 0 Å². The summed E-state index contributed by atoms with van der Waals surface area (Å²) in [6, 6.07) is 9.79. The Bertz CT molecular complexity index is 675. The molecule has 0 radical (unpaired) electrons. The van der Waals surface area contributed by atoms with Crippen LogP contribution in [0.4, 0.5) is 4.79 Å². The number of aliphatic hydroxyl groups is 1. The Hall–Kier alpha value is -2.25. The summed E-state index contributed by atoms with van der Waals surface area (Å²) in [5.41, 5.74) is 0.533. The van der Waals surface area contributed by atoms with Crippen molar-refractivity contribution in [2.75, 3.05) is 6.61 Å². The lowest BCUT2D eigenvalue weighted by Crippen LogP contribution is -2.40. The van der Waals surface area contributed by atoms with Gasteiger partial charge in [-0.05, 0) is 38.8 Å². The summed E-state index contributed by atoms with van der Waals surface area (Å²) in [5.74, 6) is -1.69. The topological polar surface area (TPSA) is 92.7 Å². The number of hydrogen-bond donors (Lipinski definition) is 2. The van der Waals surface area contributed by atoms with E-state index in [-0.39, 0.29) is 6.61 Å². The van der Waals surface area contributed by atoms with E-state index in [0.717, 1.165) is 19.4 Å². The number of benzene rings is 1. The minimum Gasteiger partial charge on any atom is -0.444 e. The Morgan fingerprint density at radius 3 is 2.11 bits per heavy atom. The van der Waals surface area contributed by atoms with E-state index in [0.29, 0.717) is 0 Å². The van der Waals surface area contributed by atoms with E-state index in [1.807, 2.05) is 6.08 Å². The lowest BCUT2D eigenvalue weighted by molar-refractivity contribution is -0.136. The number of allylic oxidation sites excluding steroid dienone is 1. The van der Waals surface area contributed by atoms with Crippen LogP contribution in [0.5, 0.6) is 0 Å². The van der Waals surface area contributed by atoms with Crippen molar-refractivity contribution >= 4 is 31.0 Å². The predicted molar refractivity (Wildman–Crippen MR) is 114 cm³/mol. The first-order chi connectivity index (χ1) is 12.8. The van der Waals surface area contributed by atoms with E-state index in [2.05, 4.69) is 43.9 Å². The van der Waals surface area contributed by atoms with Crippen LogP contribution in [-0.4, -0.2) is 43.2 Å². The molecule has 0 aliphatic heterocycles. The van der Waals surface area contributed by atoms with Gasteiger partial charge in [0.2, 0.25) is 5.78 Å². The third-order valence-corrected chi connectivity index (χ3v) is 6.93. The molecule has 0 saturated carbocycles. The molecule has 28 heavy (non-hydrogen) atoms. The number of carbonyl (C=O) groups is 3. The smallest absolute Gasteiger partial charge is 0.414 e. The van der Waals surface area contributed by atoms with Gasteiger partial charge in [0.25, 0.3) is 5.91 Å². The Morgan fingerprint density at radius 1 is 1.18 bits per heavy atom. The Morgan fingerprint density at radius 2 is 1.71 bits per heavy atom. The molecule has 1 aromatic rings. The fourth-order valence-corrected chi connectivity index (χ4v) is 4.24. The van der Waals surface area contributed by atoms with Gasteiger partial charge in [-0.3, -0.25) is 14.9 Å². The molecule has 0 heterocycles. The van der Waals surface area contributed by atoms with Gasteiger partial charge in [0.05, 0.1) is 8.07 Å². The maximum atomic E-state index is 10.9. The standard InChI is InChI=1S/C13H20OSi.C8H13NO4/c1-4-11-15(2,3)13-7-5-12(6-8-13)9-10-14;1-5(10)6(11)9-7(12)13-8(2,3)4/h4-8,14H,1,9-11H2,2-3H3;1-4H3,(H,9,11,12). The van der Waals surface area contributed by atoms with Gasteiger partial charge in [-0.2, -0.15) is 0 Å². The van der Waals surface area contributed by atoms with Crippen molar-refractivity contribution in [3.05, 3.63) is 42.5 Å². The first-order valence-corrected chi connectivity index (χ1v) is 12.4. The molecular weight excluding hydrogens is 374 g/mol. The van der Waals surface area contributed by atoms with E-state index in [1.165, 1.54) is 10.8 Å². The highest BCUT2D eigenvalue weighted by Crippen LogP contribution is 2.11. The van der Waals surface area contributed by atoms with E-state index in [9.17, 15) is 14.4 Å². The number of imide groups is 1. The number of Topliss-reactive ketones (excluding diaryl/α,β-unsaturated/α-hetero) is 1. The molecule has 0 aliphatic rings. The fourth-order valence-electron chi connectivity index (χ4n) is 2.21. The lowest BCUT2D eigenvalue weighted by atomic mass is 10.2. The summed E-state index contributed by atoms with van der Waals surface area (Å²) >= 11 is 0. The SMILES string of the molecule is C=CC[Si](C)(C)c1ccc(CCO)cc1.CC(=O)C(=O)NC(=O)OC(C)(C)C. The van der Waals surface area contributed by atoms with Crippen LogP contribution in [0.25, 0.3) is 0 Å². The number of rotatable bonds is 6. The number of hydrogen-bond acceptors (Lipinski definition) is 5. The number of amides is 2. The van der Waals surface area contributed by atoms with Crippen molar-refractivity contribution in [3.63, 3.8) is 0 Å². The van der Waals surface area contributed by atoms with E-state index in [1.54, 1.807) is 26.1 Å². The number of ketones is 1. The molecule has 0 bridgehead atoms. The van der Waals surface area contributed by atoms with Crippen molar-refractivity contribution in [1.82, 2.24) is 5.32 Å². The summed E-state index contributed by atoms with van der Waals surface area (Å²) in [6.45, 7) is 14.8. The Kier molecular flexibility index (Phi) is 10.6. The lowest BCUT2D eigenvalue weighted by Gasteiger charge is -2.21. The van der Waals surface area contributed by atoms with Crippen molar-refractivity contribution in [1.29, 1.82) is 0 Å². The summed E-state index contributed by atoms with van der Waals surface area (Å²) in [7, 11) is -1.31. The van der Waals surface area contributed by atoms with Gasteiger partial charge in [-0.1, -0.05) is 48.6 Å². The molecule has 0 unspecified atom stereocenters. The summed E-state index contributed by atoms with van der Waals surface area (Å²) in [5, 5.41) is 12.1. The molecule has 0 atom stereocenters. The average Bonchev–Trinajstić information content (AvgIpc) is 2.54. The molecule has 0 saturated heterocycles. The molecular formula is C21H33NO5Si. The first-order valence-electron chi connectivity index (χ1n) is 9.18. The molecule has 0 aliphatic carbocycles. The van der Waals surface area contributed by atoms with Gasteiger partial charge >= 0.3 is 6.09 Å². The van der Waals surface area contributed by atoms with E-state index >= 15 is 0 Å². The number of alkyl carbamates (subject to hydrolysis) is 1. The number of carbonyl (C=O) groups excluding carboxylic acids is 3. The van der Waals surface area contributed by atoms with Gasteiger partial charge in [0, 0.05) is 13.5 Å². The minimum atomic E-state index is -1.31. The zero-order chi connectivity index (χ0) is 22.0. The van der Waals surface area contributed by atoms with Gasteiger partial charge in [0.15, 0.2) is 0 Å². The first kappa shape index (κ1) is 25.7. The Labute approximate surface area is 169 Å². The van der Waals surface area contributed by atoms with Crippen LogP contribution < -0.4 is 10.5 Å². The highest BCUT2D eigenvalue weighted by Gasteiger charge is 2.21. The summed E-state index contributed by atoms with van der Waals surface area (Å²) in [6.07, 6.45) is 1.87. The second-order valence-electron chi connectivity index (χ2n) is 8.06. The van der Waals surface area contributed by atoms with E-state index in [4.69, 9.17) is 9.84 Å². The van der Waals surface area contributed by atoms with Crippen LogP contribution in [-0.2, 0) is 20.7 Å². The van der Waals surface area contributed by atoms with Gasteiger partial charge < -0.3 is 9.84 Å². The van der Waals surface area contributed by atoms with Gasteiger partial charge in [0.1, 0.15) is 5.60 Å². The van der Waals surface area contributed by atoms with Crippen LogP contribution in [0.1, 0.15) is 33.3 Å². The third kappa shape index (κ3) is 10.8. The molecule has 1 aromatic carbocycles. The van der Waals surface area contributed by atoms with Crippen molar-refractivity contribution in [2.24, 2.45) is 0 Å². The van der Waals surface area contributed by atoms with Crippen LogP contribution >= 0.6 is 0 Å². The number of ether oxygens (including phenoxy) is 1. The molecule has 2 N–H and O–H groups in total. The molecule has 0 spiro atoms. The van der Waals surface area contributed by atoms with Gasteiger partial charge in [-0.25, -0.2) is 4.79 Å². The molecule has 156 valence electrons. The summed E-state index contributed by atoms with van der Waals surface area (Å²) < 4.78 is 4.74. The zero-order valence-corrected chi connectivity index (χ0v) is 18.8. The van der Waals surface area contributed by atoms with Crippen LogP contribution in [0.2, 0.25) is 19.1 Å². The fraction of sp³-hybridized carbons (Fsp3) is 0.476.